The van der Waals surface area contributed by atoms with E-state index in [4.69, 9.17) is 18.9 Å². The number of hydrogen-bond acceptors (Lipinski definition) is 8. The minimum atomic E-state index is -0.825. The van der Waals surface area contributed by atoms with Crippen LogP contribution < -0.4 is 0 Å². The second-order valence-electron chi connectivity index (χ2n) is 7.94. The highest BCUT2D eigenvalue weighted by Gasteiger charge is 2.50. The number of thioether (sulfide) groups is 1. The van der Waals surface area contributed by atoms with E-state index >= 15 is 0 Å². The second-order valence-corrected chi connectivity index (χ2v) is 9.28. The van der Waals surface area contributed by atoms with Gasteiger partial charge in [0.1, 0.15) is 18.8 Å². The van der Waals surface area contributed by atoms with Crippen LogP contribution in [-0.4, -0.2) is 54.0 Å². The van der Waals surface area contributed by atoms with Gasteiger partial charge in [0.25, 0.3) is 0 Å². The molecule has 1 aliphatic heterocycles. The van der Waals surface area contributed by atoms with Crippen molar-refractivity contribution in [2.45, 2.75) is 43.7 Å². The van der Waals surface area contributed by atoms with Gasteiger partial charge in [-0.25, -0.2) is 9.59 Å². The minimum Gasteiger partial charge on any atom is -0.461 e. The van der Waals surface area contributed by atoms with Crippen LogP contribution in [0.5, 0.6) is 0 Å². The summed E-state index contributed by atoms with van der Waals surface area (Å²) in [6.45, 7) is 8.90. The lowest BCUT2D eigenvalue weighted by atomic mass is 10.1. The average Bonchev–Trinajstić information content (AvgIpc) is 3.11. The van der Waals surface area contributed by atoms with Gasteiger partial charge in [0.05, 0.1) is 23.0 Å². The summed E-state index contributed by atoms with van der Waals surface area (Å²) >= 11 is 1.23. The Kier molecular flexibility index (Phi) is 8.90. The molecule has 1 heterocycles. The molecule has 0 N–H and O–H groups in total. The molecule has 180 valence electrons. The molecule has 1 fully saturated rings. The van der Waals surface area contributed by atoms with Gasteiger partial charge in [-0.1, -0.05) is 41.5 Å². The van der Waals surface area contributed by atoms with Crippen molar-refractivity contribution >= 4 is 29.7 Å². The molecule has 8 heteroatoms. The van der Waals surface area contributed by atoms with E-state index in [1.165, 1.54) is 18.7 Å². The van der Waals surface area contributed by atoms with Crippen LogP contribution in [0.4, 0.5) is 0 Å². The highest BCUT2D eigenvalue weighted by Crippen LogP contribution is 2.39. The summed E-state index contributed by atoms with van der Waals surface area (Å²) in [6.07, 6.45) is -0.0303. The Morgan fingerprint density at radius 1 is 0.882 bits per heavy atom. The molecule has 3 rings (SSSR count). The van der Waals surface area contributed by atoms with Gasteiger partial charge in [-0.05, 0) is 38.1 Å². The van der Waals surface area contributed by atoms with Crippen molar-refractivity contribution in [2.24, 2.45) is 0 Å². The molecule has 0 bridgehead atoms. The molecule has 4 atom stereocenters. The molecule has 0 saturated carbocycles. The maximum atomic E-state index is 12.9. The van der Waals surface area contributed by atoms with E-state index in [0.29, 0.717) is 11.1 Å². The zero-order valence-corrected chi connectivity index (χ0v) is 20.2. The van der Waals surface area contributed by atoms with Crippen molar-refractivity contribution in [3.05, 3.63) is 83.4 Å². The van der Waals surface area contributed by atoms with Gasteiger partial charge in [0.2, 0.25) is 0 Å². The summed E-state index contributed by atoms with van der Waals surface area (Å²) in [5.74, 6) is -1.54. The molecular weight excluding hydrogens is 456 g/mol. The third-order valence-corrected chi connectivity index (χ3v) is 6.54. The van der Waals surface area contributed by atoms with E-state index in [9.17, 15) is 14.4 Å². The van der Waals surface area contributed by atoms with E-state index in [-0.39, 0.29) is 13.2 Å². The number of benzene rings is 2. The van der Waals surface area contributed by atoms with Gasteiger partial charge < -0.3 is 18.9 Å². The molecule has 1 unspecified atom stereocenters. The van der Waals surface area contributed by atoms with Gasteiger partial charge in [-0.15, -0.1) is 18.3 Å². The second kappa shape index (κ2) is 11.9. The number of carbonyl (C=O) groups is 3. The lowest BCUT2D eigenvalue weighted by Gasteiger charge is -2.25. The first-order valence-electron chi connectivity index (χ1n) is 10.8. The maximum absolute atomic E-state index is 12.9. The van der Waals surface area contributed by atoms with E-state index in [1.54, 1.807) is 30.3 Å². The van der Waals surface area contributed by atoms with Crippen LogP contribution in [0.3, 0.4) is 0 Å². The quantitative estimate of drug-likeness (QED) is 0.296. The predicted octanol–water partition coefficient (Wildman–Crippen LogP) is 4.26. The summed E-state index contributed by atoms with van der Waals surface area (Å²) in [5.41, 5.74) is 2.09. The molecule has 0 spiro atoms. The minimum absolute atomic E-state index is 0.0606. The van der Waals surface area contributed by atoms with Crippen molar-refractivity contribution in [2.75, 3.05) is 13.2 Å². The number of ether oxygens (including phenoxy) is 4. The number of carbonyl (C=O) groups excluding carboxylic acids is 3. The van der Waals surface area contributed by atoms with Gasteiger partial charge >= 0.3 is 17.9 Å². The van der Waals surface area contributed by atoms with Crippen LogP contribution >= 0.6 is 11.8 Å². The highest BCUT2D eigenvalue weighted by atomic mass is 32.2. The molecule has 7 nitrogen and oxygen atoms in total. The summed E-state index contributed by atoms with van der Waals surface area (Å²) in [7, 11) is 0. The maximum Gasteiger partial charge on any atom is 0.338 e. The monoisotopic (exact) mass is 484 g/mol. The van der Waals surface area contributed by atoms with E-state index in [1.807, 2.05) is 38.1 Å². The lowest BCUT2D eigenvalue weighted by Crippen LogP contribution is -2.41. The summed E-state index contributed by atoms with van der Waals surface area (Å²) < 4.78 is 22.6. The number of aryl methyl sites for hydroxylation is 2. The fourth-order valence-electron chi connectivity index (χ4n) is 3.39. The number of rotatable bonds is 9. The number of esters is 3. The van der Waals surface area contributed by atoms with Crippen LogP contribution in [0.2, 0.25) is 0 Å². The fraction of sp³-hybridized carbons (Fsp3) is 0.346. The molecule has 1 aliphatic rings. The first-order chi connectivity index (χ1) is 16.3. The molecule has 34 heavy (non-hydrogen) atoms. The molecule has 0 radical (unpaired) electrons. The van der Waals surface area contributed by atoms with Crippen molar-refractivity contribution < 1.29 is 33.3 Å². The molecule has 0 aromatic heterocycles. The smallest absolute Gasteiger partial charge is 0.338 e. The zero-order valence-electron chi connectivity index (χ0n) is 19.4. The Balaban J connectivity index is 1.79. The van der Waals surface area contributed by atoms with Crippen molar-refractivity contribution in [1.29, 1.82) is 0 Å². The normalized spacial score (nSPS) is 21.5. The Morgan fingerprint density at radius 2 is 1.44 bits per heavy atom. The molecule has 1 saturated heterocycles. The first-order valence-corrected chi connectivity index (χ1v) is 11.8. The van der Waals surface area contributed by atoms with E-state index < -0.39 is 40.8 Å². The van der Waals surface area contributed by atoms with E-state index in [0.717, 1.165) is 11.1 Å². The Bertz CT molecular complexity index is 1020. The SMILES string of the molecule is C=CCO[C@H]1C(OC(C)=O)S[C@@H](COC(=O)c2ccc(C)cc2)[C@@H]1OC(=O)c1ccc(C)cc1. The van der Waals surface area contributed by atoms with Gasteiger partial charge in [-0.3, -0.25) is 4.79 Å². The van der Waals surface area contributed by atoms with Crippen molar-refractivity contribution in [3.63, 3.8) is 0 Å². The fourth-order valence-corrected chi connectivity index (χ4v) is 4.83. The van der Waals surface area contributed by atoms with Crippen molar-refractivity contribution in [3.8, 4) is 0 Å². The molecule has 2 aromatic rings. The topological polar surface area (TPSA) is 88.1 Å². The average molecular weight is 485 g/mol. The van der Waals surface area contributed by atoms with Gasteiger partial charge in [0, 0.05) is 6.92 Å². The van der Waals surface area contributed by atoms with Crippen LogP contribution in [-0.2, 0) is 23.7 Å². The third-order valence-electron chi connectivity index (χ3n) is 5.15. The predicted molar refractivity (Wildman–Crippen MR) is 129 cm³/mol. The largest absolute Gasteiger partial charge is 0.461 e. The standard InChI is InChI=1S/C26H28O7S/c1-5-14-30-23-22(33-25(29)20-12-8-17(3)9-13-20)21(34-26(23)32-18(4)27)15-31-24(28)19-10-6-16(2)7-11-19/h5-13,21-23,26H,1,14-15H2,2-4H3/t21-,22-,23+,26?/m0/s1. The highest BCUT2D eigenvalue weighted by molar-refractivity contribution is 8.00. The lowest BCUT2D eigenvalue weighted by molar-refractivity contribution is -0.150. The first kappa shape index (κ1) is 25.5. The van der Waals surface area contributed by atoms with Gasteiger partial charge in [0.15, 0.2) is 5.44 Å². The number of hydrogen-bond donors (Lipinski definition) is 0. The summed E-state index contributed by atoms with van der Waals surface area (Å²) in [6, 6.07) is 14.0. The van der Waals surface area contributed by atoms with Crippen LogP contribution in [0.15, 0.2) is 61.2 Å². The van der Waals surface area contributed by atoms with Crippen LogP contribution in [0, 0.1) is 13.8 Å². The van der Waals surface area contributed by atoms with Gasteiger partial charge in [-0.2, -0.15) is 0 Å². The van der Waals surface area contributed by atoms with E-state index in [2.05, 4.69) is 6.58 Å². The molecular formula is C26H28O7S. The third kappa shape index (κ3) is 6.71. The summed E-state index contributed by atoms with van der Waals surface area (Å²) in [5, 5.41) is -0.511. The molecule has 0 amide bonds. The van der Waals surface area contributed by atoms with Crippen LogP contribution in [0.25, 0.3) is 0 Å². The molecule has 0 aliphatic carbocycles. The summed E-state index contributed by atoms with van der Waals surface area (Å²) in [4.78, 5) is 37.1. The van der Waals surface area contributed by atoms with Crippen molar-refractivity contribution in [1.82, 2.24) is 0 Å². The zero-order chi connectivity index (χ0) is 24.7. The van der Waals surface area contributed by atoms with Crippen LogP contribution in [0.1, 0.15) is 38.8 Å². The Labute approximate surface area is 203 Å². The molecule has 2 aromatic carbocycles. The Hall–Kier alpha value is -3.10. The Morgan fingerprint density at radius 3 is 1.97 bits per heavy atom.